The summed E-state index contributed by atoms with van der Waals surface area (Å²) in [4.78, 5) is 0. The first-order valence-corrected chi connectivity index (χ1v) is 2.11. The molecule has 0 saturated carbocycles. The highest BCUT2D eigenvalue weighted by atomic mass is 32.1. The summed E-state index contributed by atoms with van der Waals surface area (Å²) in [6.07, 6.45) is 1.59. The van der Waals surface area contributed by atoms with E-state index in [1.807, 2.05) is 0 Å². The molecular weight excluding hydrogens is 112 g/mol. The Kier molecular flexibility index (Phi) is 1.21. The van der Waals surface area contributed by atoms with Crippen LogP contribution < -0.4 is 4.18 Å². The predicted octanol–water partition coefficient (Wildman–Crippen LogP) is 0.633. The van der Waals surface area contributed by atoms with Crippen LogP contribution in [0.4, 0.5) is 0 Å². The van der Waals surface area contributed by atoms with Crippen molar-refractivity contribution in [3.05, 3.63) is 12.3 Å². The smallest absolute Gasteiger partial charge is 0.223 e. The van der Waals surface area contributed by atoms with Gasteiger partial charge in [0.05, 0.1) is 6.20 Å². The molecule has 0 radical (unpaired) electrons. The maximum Gasteiger partial charge on any atom is 0.223 e. The van der Waals surface area contributed by atoms with Crippen molar-refractivity contribution < 1.29 is 4.18 Å². The molecule has 0 saturated heterocycles. The van der Waals surface area contributed by atoms with Crippen molar-refractivity contribution in [3.63, 3.8) is 0 Å². The van der Waals surface area contributed by atoms with Crippen LogP contribution in [0.3, 0.4) is 0 Å². The molecule has 0 aliphatic rings. The van der Waals surface area contributed by atoms with E-state index < -0.39 is 0 Å². The van der Waals surface area contributed by atoms with Crippen molar-refractivity contribution in [2.75, 3.05) is 0 Å². The Morgan fingerprint density at radius 1 is 1.86 bits per heavy atom. The lowest BCUT2D eigenvalue weighted by atomic mass is 10.7. The van der Waals surface area contributed by atoms with Crippen LogP contribution in [0.15, 0.2) is 12.3 Å². The lowest BCUT2D eigenvalue weighted by molar-refractivity contribution is 0.624. The van der Waals surface area contributed by atoms with Crippen molar-refractivity contribution in [1.29, 1.82) is 0 Å². The fraction of sp³-hybridized carbons (Fsp3) is 0. The number of nitrogens with one attached hydrogen (secondary N) is 1. The van der Waals surface area contributed by atoms with Crippen molar-refractivity contribution in [2.45, 2.75) is 0 Å². The Morgan fingerprint density at radius 3 is 3.00 bits per heavy atom. The lowest BCUT2D eigenvalue weighted by Crippen LogP contribution is -1.71. The van der Waals surface area contributed by atoms with Crippen molar-refractivity contribution in [1.82, 2.24) is 10.2 Å². The summed E-state index contributed by atoms with van der Waals surface area (Å²) < 4.78 is 4.43. The van der Waals surface area contributed by atoms with Crippen LogP contribution in [-0.2, 0) is 0 Å². The van der Waals surface area contributed by atoms with Crippen LogP contribution in [0.2, 0.25) is 0 Å². The van der Waals surface area contributed by atoms with Crippen molar-refractivity contribution >= 4 is 12.9 Å². The van der Waals surface area contributed by atoms with Gasteiger partial charge in [-0.05, 0) is 0 Å². The maximum absolute atomic E-state index is 4.43. The van der Waals surface area contributed by atoms with Gasteiger partial charge >= 0.3 is 0 Å². The molecule has 1 aromatic heterocycles. The molecule has 1 rings (SSSR count). The van der Waals surface area contributed by atoms with E-state index in [0.717, 1.165) is 0 Å². The number of nitrogens with zero attached hydrogens (tertiary/aromatic N) is 1. The van der Waals surface area contributed by atoms with Crippen LogP contribution >= 0.6 is 12.9 Å². The Morgan fingerprint density at radius 2 is 2.71 bits per heavy atom. The molecule has 0 spiro atoms. The molecule has 7 heavy (non-hydrogen) atoms. The first-order valence-electron chi connectivity index (χ1n) is 1.74. The standard InChI is InChI=1S/C3H4N2OS/c7-6-3-1-2-4-5-3/h1-2,7H,(H,4,5). The Hall–Kier alpha value is -0.640. The normalized spacial score (nSPS) is 8.71. The number of aromatic amines is 1. The Balaban J connectivity index is 2.76. The molecule has 3 nitrogen and oxygen atoms in total. The van der Waals surface area contributed by atoms with Gasteiger partial charge < -0.3 is 4.18 Å². The fourth-order valence-electron chi connectivity index (χ4n) is 0.294. The lowest BCUT2D eigenvalue weighted by Gasteiger charge is -1.83. The summed E-state index contributed by atoms with van der Waals surface area (Å²) in [5.41, 5.74) is 0. The van der Waals surface area contributed by atoms with Crippen LogP contribution in [-0.4, -0.2) is 10.2 Å². The van der Waals surface area contributed by atoms with Gasteiger partial charge in [0, 0.05) is 19.0 Å². The van der Waals surface area contributed by atoms with E-state index >= 15 is 0 Å². The summed E-state index contributed by atoms with van der Waals surface area (Å²) in [6.45, 7) is 0. The van der Waals surface area contributed by atoms with Gasteiger partial charge in [0.15, 0.2) is 0 Å². The monoisotopic (exact) mass is 116 g/mol. The van der Waals surface area contributed by atoms with Gasteiger partial charge in [-0.15, -0.1) is 0 Å². The molecule has 0 fully saturated rings. The number of H-pyrrole nitrogens is 1. The fourth-order valence-corrected chi connectivity index (χ4v) is 0.396. The largest absolute Gasteiger partial charge is 0.409 e. The van der Waals surface area contributed by atoms with E-state index in [-0.39, 0.29) is 0 Å². The molecule has 1 aromatic rings. The van der Waals surface area contributed by atoms with Gasteiger partial charge in [0.1, 0.15) is 0 Å². The van der Waals surface area contributed by atoms with Crippen LogP contribution in [0, 0.1) is 0 Å². The number of thiol groups is 1. The van der Waals surface area contributed by atoms with Crippen LogP contribution in [0.5, 0.6) is 5.88 Å². The van der Waals surface area contributed by atoms with Gasteiger partial charge in [0.25, 0.3) is 0 Å². The summed E-state index contributed by atoms with van der Waals surface area (Å²) in [6, 6.07) is 1.67. The second kappa shape index (κ2) is 1.88. The number of rotatable bonds is 1. The minimum atomic E-state index is 0.559. The SMILES string of the molecule is SOc1ccn[nH]1. The first-order chi connectivity index (χ1) is 3.43. The molecule has 1 heterocycles. The van der Waals surface area contributed by atoms with E-state index in [1.165, 1.54) is 0 Å². The molecule has 0 aliphatic heterocycles. The zero-order valence-electron chi connectivity index (χ0n) is 3.46. The molecular formula is C3H4N2OS. The molecule has 0 aromatic carbocycles. The van der Waals surface area contributed by atoms with Gasteiger partial charge in [-0.3, -0.25) is 0 Å². The van der Waals surface area contributed by atoms with E-state index in [9.17, 15) is 0 Å². The Bertz CT molecular complexity index is 127. The zero-order valence-corrected chi connectivity index (χ0v) is 4.35. The summed E-state index contributed by atoms with van der Waals surface area (Å²) in [5.74, 6) is 0.559. The van der Waals surface area contributed by atoms with E-state index in [2.05, 4.69) is 27.3 Å². The van der Waals surface area contributed by atoms with Crippen LogP contribution in [0.25, 0.3) is 0 Å². The van der Waals surface area contributed by atoms with E-state index in [1.54, 1.807) is 12.3 Å². The van der Waals surface area contributed by atoms with Gasteiger partial charge in [-0.2, -0.15) is 5.10 Å². The topological polar surface area (TPSA) is 37.9 Å². The molecule has 0 amide bonds. The molecule has 1 N–H and O–H groups in total. The van der Waals surface area contributed by atoms with Gasteiger partial charge in [-0.25, -0.2) is 5.10 Å². The minimum absolute atomic E-state index is 0.559. The molecule has 38 valence electrons. The highest BCUT2D eigenvalue weighted by Gasteiger charge is 1.84. The van der Waals surface area contributed by atoms with E-state index in [4.69, 9.17) is 0 Å². The molecule has 0 unspecified atom stereocenters. The summed E-state index contributed by atoms with van der Waals surface area (Å²) >= 11 is 3.50. The molecule has 0 aliphatic carbocycles. The van der Waals surface area contributed by atoms with Crippen molar-refractivity contribution in [2.24, 2.45) is 0 Å². The number of aromatic nitrogens is 2. The third-order valence-electron chi connectivity index (χ3n) is 0.574. The first kappa shape index (κ1) is 4.52. The third kappa shape index (κ3) is 0.866. The molecule has 0 bridgehead atoms. The quantitative estimate of drug-likeness (QED) is 0.417. The second-order valence-electron chi connectivity index (χ2n) is 1.01. The van der Waals surface area contributed by atoms with Gasteiger partial charge in [0.2, 0.25) is 5.88 Å². The summed E-state index contributed by atoms with van der Waals surface area (Å²) in [5, 5.41) is 6.13. The van der Waals surface area contributed by atoms with Crippen molar-refractivity contribution in [3.8, 4) is 5.88 Å². The number of hydrogen-bond acceptors (Lipinski definition) is 3. The second-order valence-corrected chi connectivity index (χ2v) is 1.19. The van der Waals surface area contributed by atoms with Gasteiger partial charge in [-0.1, -0.05) is 0 Å². The highest BCUT2D eigenvalue weighted by Crippen LogP contribution is 2.01. The van der Waals surface area contributed by atoms with E-state index in [0.29, 0.717) is 5.88 Å². The predicted molar refractivity (Wildman–Crippen MR) is 28.2 cm³/mol. The average Bonchev–Trinajstić information content (AvgIpc) is 2.14. The maximum atomic E-state index is 4.43. The highest BCUT2D eigenvalue weighted by molar-refractivity contribution is 7.75. The minimum Gasteiger partial charge on any atom is -0.409 e. The summed E-state index contributed by atoms with van der Waals surface area (Å²) in [7, 11) is 0. The molecule has 0 atom stereocenters. The number of hydrogen-bond donors (Lipinski definition) is 2. The zero-order chi connectivity index (χ0) is 5.11. The molecule has 4 heteroatoms. The average molecular weight is 116 g/mol. The Labute approximate surface area is 46.3 Å². The third-order valence-corrected chi connectivity index (χ3v) is 0.770. The van der Waals surface area contributed by atoms with Crippen LogP contribution in [0.1, 0.15) is 0 Å².